The predicted molar refractivity (Wildman–Crippen MR) is 114 cm³/mol. The Balaban J connectivity index is 1.32. The van der Waals surface area contributed by atoms with E-state index in [1.807, 2.05) is 26.0 Å². The van der Waals surface area contributed by atoms with E-state index in [1.165, 1.54) is 4.90 Å². The predicted octanol–water partition coefficient (Wildman–Crippen LogP) is 4.18. The summed E-state index contributed by atoms with van der Waals surface area (Å²) in [5, 5.41) is 13.1. The molecule has 1 aromatic heterocycles. The standard InChI is InChI=1S/C22H23ClN4O3/c1-21(2)18-5-13(23)3-4-17(18)19(28)27(21)16-6-14(9-24-10-16)25-15-7-22(8-15)11-26(12-22)20(29)30/h3-6,9-10,15,25H,7-8,11-12H2,1-2H3,(H,29,30). The van der Waals surface area contributed by atoms with E-state index in [2.05, 4.69) is 10.3 Å². The average Bonchev–Trinajstić information content (AvgIpc) is 2.81. The van der Waals surface area contributed by atoms with E-state index in [4.69, 9.17) is 16.7 Å². The number of hydrogen-bond donors (Lipinski definition) is 2. The number of hydrogen-bond acceptors (Lipinski definition) is 4. The maximum Gasteiger partial charge on any atom is 0.407 e. The molecule has 2 amide bonds. The third-order valence-corrected chi connectivity index (χ3v) is 6.90. The van der Waals surface area contributed by atoms with E-state index in [0.29, 0.717) is 23.7 Å². The molecule has 30 heavy (non-hydrogen) atoms. The van der Waals surface area contributed by atoms with E-state index < -0.39 is 11.6 Å². The van der Waals surface area contributed by atoms with Crippen LogP contribution in [0.25, 0.3) is 0 Å². The lowest BCUT2D eigenvalue weighted by atomic mass is 9.61. The quantitative estimate of drug-likeness (QED) is 0.768. The van der Waals surface area contributed by atoms with Gasteiger partial charge in [0, 0.05) is 35.1 Å². The molecule has 3 heterocycles. The van der Waals surface area contributed by atoms with E-state index in [9.17, 15) is 9.59 Å². The van der Waals surface area contributed by atoms with Crippen LogP contribution in [0.1, 0.15) is 42.6 Å². The summed E-state index contributed by atoms with van der Waals surface area (Å²) in [4.78, 5) is 31.7. The monoisotopic (exact) mass is 426 g/mol. The molecule has 1 saturated heterocycles. The van der Waals surface area contributed by atoms with Crippen molar-refractivity contribution in [3.05, 3.63) is 52.8 Å². The Hall–Kier alpha value is -2.80. The lowest BCUT2D eigenvalue weighted by Gasteiger charge is -2.58. The number of benzene rings is 1. The molecule has 2 N–H and O–H groups in total. The first-order valence-electron chi connectivity index (χ1n) is 10.0. The number of likely N-dealkylation sites (tertiary alicyclic amines) is 1. The van der Waals surface area contributed by atoms with Crippen LogP contribution in [0.5, 0.6) is 0 Å². The van der Waals surface area contributed by atoms with Crippen molar-refractivity contribution in [2.24, 2.45) is 5.41 Å². The van der Waals surface area contributed by atoms with Crippen LogP contribution in [0.2, 0.25) is 5.02 Å². The van der Waals surface area contributed by atoms with Gasteiger partial charge >= 0.3 is 6.09 Å². The van der Waals surface area contributed by atoms with Crippen LogP contribution < -0.4 is 10.2 Å². The highest BCUT2D eigenvalue weighted by molar-refractivity contribution is 6.31. The van der Waals surface area contributed by atoms with Gasteiger partial charge in [-0.05, 0) is 56.5 Å². The molecule has 0 atom stereocenters. The number of rotatable bonds is 3. The van der Waals surface area contributed by atoms with Crippen LogP contribution in [-0.4, -0.2) is 46.1 Å². The average molecular weight is 427 g/mol. The number of pyridine rings is 1. The third kappa shape index (κ3) is 2.83. The molecule has 2 fully saturated rings. The zero-order valence-corrected chi connectivity index (χ0v) is 17.6. The molecule has 1 spiro atoms. The lowest BCUT2D eigenvalue weighted by molar-refractivity contribution is -0.0519. The van der Waals surface area contributed by atoms with Crippen molar-refractivity contribution in [1.29, 1.82) is 0 Å². The van der Waals surface area contributed by atoms with E-state index in [-0.39, 0.29) is 17.4 Å². The molecule has 0 unspecified atom stereocenters. The zero-order valence-electron chi connectivity index (χ0n) is 16.9. The van der Waals surface area contributed by atoms with Crippen molar-refractivity contribution in [2.45, 2.75) is 38.3 Å². The minimum absolute atomic E-state index is 0.0588. The first kappa shape index (κ1) is 19.2. The Kier molecular flexibility index (Phi) is 4.06. The number of carbonyl (C=O) groups excluding carboxylic acids is 1. The van der Waals surface area contributed by atoms with Gasteiger partial charge in [-0.3, -0.25) is 14.7 Å². The maximum absolute atomic E-state index is 13.1. The summed E-state index contributed by atoms with van der Waals surface area (Å²) in [6.07, 6.45) is 4.51. The van der Waals surface area contributed by atoms with Crippen molar-refractivity contribution in [3.63, 3.8) is 0 Å². The molecule has 1 aliphatic carbocycles. The van der Waals surface area contributed by atoms with Gasteiger partial charge in [0.25, 0.3) is 5.91 Å². The molecule has 2 aliphatic heterocycles. The molecule has 1 aromatic carbocycles. The summed E-state index contributed by atoms with van der Waals surface area (Å²) < 4.78 is 0. The lowest BCUT2D eigenvalue weighted by Crippen LogP contribution is -2.65. The maximum atomic E-state index is 13.1. The number of anilines is 2. The van der Waals surface area contributed by atoms with Gasteiger partial charge in [0.2, 0.25) is 0 Å². The van der Waals surface area contributed by atoms with Gasteiger partial charge in [-0.25, -0.2) is 4.79 Å². The van der Waals surface area contributed by atoms with Crippen LogP contribution in [0.4, 0.5) is 16.2 Å². The van der Waals surface area contributed by atoms with Gasteiger partial charge in [-0.1, -0.05) is 11.6 Å². The summed E-state index contributed by atoms with van der Waals surface area (Å²) in [6, 6.07) is 7.62. The Morgan fingerprint density at radius 3 is 2.67 bits per heavy atom. The van der Waals surface area contributed by atoms with E-state index in [1.54, 1.807) is 29.4 Å². The highest BCUT2D eigenvalue weighted by Crippen LogP contribution is 2.49. The fourth-order valence-corrected chi connectivity index (χ4v) is 5.43. The molecule has 2 aromatic rings. The van der Waals surface area contributed by atoms with Crippen LogP contribution in [0.3, 0.4) is 0 Å². The molecule has 7 nitrogen and oxygen atoms in total. The van der Waals surface area contributed by atoms with Crippen LogP contribution in [0, 0.1) is 5.41 Å². The fourth-order valence-electron chi connectivity index (χ4n) is 5.25. The Morgan fingerprint density at radius 2 is 1.97 bits per heavy atom. The largest absolute Gasteiger partial charge is 0.465 e. The molecule has 8 heteroatoms. The molecule has 0 bridgehead atoms. The van der Waals surface area contributed by atoms with Crippen molar-refractivity contribution in [2.75, 3.05) is 23.3 Å². The van der Waals surface area contributed by atoms with Gasteiger partial charge in [0.1, 0.15) is 0 Å². The second-order valence-electron chi connectivity index (χ2n) is 9.21. The van der Waals surface area contributed by atoms with Crippen molar-refractivity contribution >= 4 is 35.0 Å². The Bertz CT molecular complexity index is 1060. The topological polar surface area (TPSA) is 85.8 Å². The number of nitrogens with one attached hydrogen (secondary N) is 1. The van der Waals surface area contributed by atoms with Crippen LogP contribution in [-0.2, 0) is 5.54 Å². The number of nitrogens with zero attached hydrogens (tertiary/aromatic N) is 3. The van der Waals surface area contributed by atoms with Gasteiger partial charge in [-0.15, -0.1) is 0 Å². The highest BCUT2D eigenvalue weighted by atomic mass is 35.5. The van der Waals surface area contributed by atoms with Gasteiger partial charge in [0.05, 0.1) is 29.3 Å². The number of halogens is 1. The number of aromatic nitrogens is 1. The first-order chi connectivity index (χ1) is 14.2. The number of fused-ring (bicyclic) bond motifs is 1. The molecular weight excluding hydrogens is 404 g/mol. The molecule has 3 aliphatic rings. The third-order valence-electron chi connectivity index (χ3n) is 6.67. The second-order valence-corrected chi connectivity index (χ2v) is 9.65. The van der Waals surface area contributed by atoms with Crippen LogP contribution in [0.15, 0.2) is 36.7 Å². The number of carboxylic acid groups (broad SMARTS) is 1. The van der Waals surface area contributed by atoms with E-state index in [0.717, 1.165) is 29.8 Å². The Labute approximate surface area is 179 Å². The minimum Gasteiger partial charge on any atom is -0.465 e. The first-order valence-corrected chi connectivity index (χ1v) is 10.4. The summed E-state index contributed by atoms with van der Waals surface area (Å²) in [7, 11) is 0. The van der Waals surface area contributed by atoms with Crippen molar-refractivity contribution in [1.82, 2.24) is 9.88 Å². The van der Waals surface area contributed by atoms with Gasteiger partial charge < -0.3 is 15.3 Å². The van der Waals surface area contributed by atoms with Gasteiger partial charge in [0.15, 0.2) is 0 Å². The fraction of sp³-hybridized carbons (Fsp3) is 0.409. The number of amides is 2. The van der Waals surface area contributed by atoms with E-state index >= 15 is 0 Å². The molecule has 5 rings (SSSR count). The number of carbonyl (C=O) groups is 2. The second kappa shape index (κ2) is 6.35. The van der Waals surface area contributed by atoms with Crippen LogP contribution >= 0.6 is 11.6 Å². The van der Waals surface area contributed by atoms with Crippen molar-refractivity contribution in [3.8, 4) is 0 Å². The molecular formula is C22H23ClN4O3. The Morgan fingerprint density at radius 1 is 1.23 bits per heavy atom. The van der Waals surface area contributed by atoms with Gasteiger partial charge in [-0.2, -0.15) is 0 Å². The summed E-state index contributed by atoms with van der Waals surface area (Å²) in [5.41, 5.74) is 2.76. The normalized spacial score (nSPS) is 21.2. The minimum atomic E-state index is -0.839. The smallest absolute Gasteiger partial charge is 0.407 e. The SMILES string of the molecule is CC1(C)c2cc(Cl)ccc2C(=O)N1c1cncc(NC2CC3(C2)CN(C(=O)O)C3)c1. The highest BCUT2D eigenvalue weighted by Gasteiger charge is 2.54. The molecule has 156 valence electrons. The summed E-state index contributed by atoms with van der Waals surface area (Å²) in [6.45, 7) is 5.26. The van der Waals surface area contributed by atoms with Crippen molar-refractivity contribution < 1.29 is 14.7 Å². The molecule has 1 saturated carbocycles. The molecule has 0 radical (unpaired) electrons. The summed E-state index contributed by atoms with van der Waals surface area (Å²) in [5.74, 6) is -0.0588. The summed E-state index contributed by atoms with van der Waals surface area (Å²) >= 11 is 6.18. The zero-order chi connectivity index (χ0) is 21.3.